The van der Waals surface area contributed by atoms with Crippen LogP contribution in [0.4, 0.5) is 0 Å². The van der Waals surface area contributed by atoms with Crippen LogP contribution in [-0.4, -0.2) is 11.5 Å². The zero-order valence-corrected chi connectivity index (χ0v) is 12.0. The molecule has 19 heavy (non-hydrogen) atoms. The summed E-state index contributed by atoms with van der Waals surface area (Å²) in [7, 11) is 0. The number of benzene rings is 1. The molecule has 2 rings (SSSR count). The Morgan fingerprint density at radius 2 is 2.00 bits per heavy atom. The van der Waals surface area contributed by atoms with E-state index in [1.54, 1.807) is 0 Å². The third-order valence-corrected chi connectivity index (χ3v) is 3.46. The van der Waals surface area contributed by atoms with Gasteiger partial charge in [0.25, 0.3) is 0 Å². The molecule has 2 nitrogen and oxygen atoms in total. The van der Waals surface area contributed by atoms with Gasteiger partial charge in [0, 0.05) is 30.9 Å². The van der Waals surface area contributed by atoms with Gasteiger partial charge < -0.3 is 5.32 Å². The van der Waals surface area contributed by atoms with E-state index < -0.39 is 0 Å². The number of aromatic nitrogens is 1. The minimum absolute atomic E-state index is 0.378. The molecule has 0 amide bonds. The van der Waals surface area contributed by atoms with Crippen molar-refractivity contribution in [2.75, 3.05) is 6.54 Å². The van der Waals surface area contributed by atoms with E-state index in [2.05, 4.69) is 55.3 Å². The topological polar surface area (TPSA) is 24.9 Å². The highest BCUT2D eigenvalue weighted by atomic mass is 14.9. The lowest BCUT2D eigenvalue weighted by Gasteiger charge is -2.17. The first-order valence-electron chi connectivity index (χ1n) is 6.87. The highest BCUT2D eigenvalue weighted by molar-refractivity contribution is 5.32. The van der Waals surface area contributed by atoms with E-state index in [4.69, 9.17) is 0 Å². The Kier molecular flexibility index (Phi) is 4.69. The monoisotopic (exact) mass is 254 g/mol. The van der Waals surface area contributed by atoms with Crippen LogP contribution in [0.5, 0.6) is 0 Å². The number of pyridine rings is 1. The van der Waals surface area contributed by atoms with Gasteiger partial charge in [0.1, 0.15) is 0 Å². The maximum absolute atomic E-state index is 4.34. The summed E-state index contributed by atoms with van der Waals surface area (Å²) < 4.78 is 0. The normalized spacial score (nSPS) is 12.4. The number of hydrogen-bond donors (Lipinski definition) is 1. The predicted octanol–water partition coefficient (Wildman–Crippen LogP) is 3.59. The summed E-state index contributed by atoms with van der Waals surface area (Å²) in [5.41, 5.74) is 5.20. The average Bonchev–Trinajstić information content (AvgIpc) is 2.42. The predicted molar refractivity (Wildman–Crippen MR) is 80.3 cm³/mol. The Labute approximate surface area is 115 Å². The summed E-state index contributed by atoms with van der Waals surface area (Å²) in [6.07, 6.45) is 2.82. The molecule has 0 saturated heterocycles. The van der Waals surface area contributed by atoms with Gasteiger partial charge >= 0.3 is 0 Å². The number of aryl methyl sites for hydroxylation is 2. The molecule has 1 aromatic carbocycles. The van der Waals surface area contributed by atoms with Crippen LogP contribution in [0.25, 0.3) is 0 Å². The van der Waals surface area contributed by atoms with Crippen LogP contribution in [0, 0.1) is 13.8 Å². The first-order valence-corrected chi connectivity index (χ1v) is 6.87. The maximum atomic E-state index is 4.34. The largest absolute Gasteiger partial charge is 0.310 e. The molecule has 0 saturated carbocycles. The Bertz CT molecular complexity index is 520. The van der Waals surface area contributed by atoms with Crippen molar-refractivity contribution in [3.8, 4) is 0 Å². The minimum Gasteiger partial charge on any atom is -0.310 e. The van der Waals surface area contributed by atoms with Gasteiger partial charge in [-0.2, -0.15) is 0 Å². The van der Waals surface area contributed by atoms with E-state index >= 15 is 0 Å². The fourth-order valence-corrected chi connectivity index (χ4v) is 2.30. The summed E-state index contributed by atoms with van der Waals surface area (Å²) in [5, 5.41) is 3.58. The standard InChI is InChI=1S/C17H22N2/c1-13-7-8-14(2)17(12-13)15(3)18-11-9-16-6-4-5-10-19-16/h4-8,10,12,15,18H,9,11H2,1-3H3. The van der Waals surface area contributed by atoms with Gasteiger partial charge in [-0.25, -0.2) is 0 Å². The third-order valence-electron chi connectivity index (χ3n) is 3.46. The molecule has 0 spiro atoms. The zero-order valence-electron chi connectivity index (χ0n) is 12.0. The molecule has 1 unspecified atom stereocenters. The van der Waals surface area contributed by atoms with Gasteiger partial charge in [0.05, 0.1) is 0 Å². The van der Waals surface area contributed by atoms with Gasteiger partial charge in [-0.1, -0.05) is 29.8 Å². The van der Waals surface area contributed by atoms with Crippen molar-refractivity contribution in [3.05, 3.63) is 65.0 Å². The van der Waals surface area contributed by atoms with Gasteiger partial charge in [-0.05, 0) is 44.0 Å². The molecule has 2 aromatic rings. The molecule has 1 heterocycles. The first-order chi connectivity index (χ1) is 9.16. The summed E-state index contributed by atoms with van der Waals surface area (Å²) in [6, 6.07) is 13.1. The Morgan fingerprint density at radius 3 is 2.74 bits per heavy atom. The highest BCUT2D eigenvalue weighted by Crippen LogP contribution is 2.18. The summed E-state index contributed by atoms with van der Waals surface area (Å²) in [6.45, 7) is 7.49. The van der Waals surface area contributed by atoms with Gasteiger partial charge in [0.15, 0.2) is 0 Å². The van der Waals surface area contributed by atoms with E-state index in [0.29, 0.717) is 6.04 Å². The molecule has 1 atom stereocenters. The Balaban J connectivity index is 1.91. The fraction of sp³-hybridized carbons (Fsp3) is 0.353. The molecule has 0 radical (unpaired) electrons. The molecule has 1 aromatic heterocycles. The molecule has 0 bridgehead atoms. The SMILES string of the molecule is Cc1ccc(C)c(C(C)NCCc2ccccn2)c1. The third kappa shape index (κ3) is 3.90. The summed E-state index contributed by atoms with van der Waals surface area (Å²) in [5.74, 6) is 0. The van der Waals surface area contributed by atoms with Crippen molar-refractivity contribution in [3.63, 3.8) is 0 Å². The summed E-state index contributed by atoms with van der Waals surface area (Å²) in [4.78, 5) is 4.34. The molecule has 1 N–H and O–H groups in total. The molecular formula is C17H22N2. The minimum atomic E-state index is 0.378. The Hall–Kier alpha value is -1.67. The van der Waals surface area contributed by atoms with Crippen molar-refractivity contribution in [1.82, 2.24) is 10.3 Å². The van der Waals surface area contributed by atoms with Crippen LogP contribution in [0.2, 0.25) is 0 Å². The zero-order chi connectivity index (χ0) is 13.7. The first kappa shape index (κ1) is 13.8. The smallest absolute Gasteiger partial charge is 0.0416 e. The van der Waals surface area contributed by atoms with Crippen molar-refractivity contribution in [1.29, 1.82) is 0 Å². The fourth-order valence-electron chi connectivity index (χ4n) is 2.30. The van der Waals surface area contributed by atoms with E-state index in [1.165, 1.54) is 16.7 Å². The van der Waals surface area contributed by atoms with Crippen LogP contribution in [-0.2, 0) is 6.42 Å². The second kappa shape index (κ2) is 6.48. The van der Waals surface area contributed by atoms with E-state index in [-0.39, 0.29) is 0 Å². The molecule has 2 heteroatoms. The number of rotatable bonds is 5. The van der Waals surface area contributed by atoms with Crippen LogP contribution in [0.3, 0.4) is 0 Å². The highest BCUT2D eigenvalue weighted by Gasteiger charge is 2.07. The van der Waals surface area contributed by atoms with Crippen molar-refractivity contribution in [2.45, 2.75) is 33.2 Å². The summed E-state index contributed by atoms with van der Waals surface area (Å²) >= 11 is 0. The maximum Gasteiger partial charge on any atom is 0.0416 e. The quantitative estimate of drug-likeness (QED) is 0.882. The van der Waals surface area contributed by atoms with E-state index in [9.17, 15) is 0 Å². The van der Waals surface area contributed by atoms with E-state index in [0.717, 1.165) is 18.7 Å². The van der Waals surface area contributed by atoms with Crippen LogP contribution < -0.4 is 5.32 Å². The second-order valence-corrected chi connectivity index (χ2v) is 5.11. The Morgan fingerprint density at radius 1 is 1.16 bits per heavy atom. The molecule has 0 aliphatic rings. The van der Waals surface area contributed by atoms with Crippen molar-refractivity contribution >= 4 is 0 Å². The molecule has 0 aliphatic carbocycles. The molecule has 0 fully saturated rings. The van der Waals surface area contributed by atoms with Crippen LogP contribution >= 0.6 is 0 Å². The second-order valence-electron chi connectivity index (χ2n) is 5.11. The lowest BCUT2D eigenvalue weighted by molar-refractivity contribution is 0.571. The van der Waals surface area contributed by atoms with Crippen LogP contribution in [0.1, 0.15) is 35.3 Å². The van der Waals surface area contributed by atoms with Crippen molar-refractivity contribution in [2.24, 2.45) is 0 Å². The number of nitrogens with one attached hydrogen (secondary N) is 1. The lowest BCUT2D eigenvalue weighted by Crippen LogP contribution is -2.22. The number of hydrogen-bond acceptors (Lipinski definition) is 2. The van der Waals surface area contributed by atoms with E-state index in [1.807, 2.05) is 18.3 Å². The van der Waals surface area contributed by atoms with Crippen molar-refractivity contribution < 1.29 is 0 Å². The lowest BCUT2D eigenvalue weighted by atomic mass is 10.00. The molecule has 100 valence electrons. The van der Waals surface area contributed by atoms with Gasteiger partial charge in [-0.15, -0.1) is 0 Å². The van der Waals surface area contributed by atoms with Gasteiger partial charge in [-0.3, -0.25) is 4.98 Å². The average molecular weight is 254 g/mol. The van der Waals surface area contributed by atoms with Gasteiger partial charge in [0.2, 0.25) is 0 Å². The van der Waals surface area contributed by atoms with Crippen LogP contribution in [0.15, 0.2) is 42.6 Å². The number of nitrogens with zero attached hydrogens (tertiary/aromatic N) is 1. The molecular weight excluding hydrogens is 232 g/mol. The molecule has 0 aliphatic heterocycles.